The number of urea groups is 1. The minimum Gasteiger partial charge on any atom is -0.344 e. The molecule has 4 N–H and O–H groups in total. The summed E-state index contributed by atoms with van der Waals surface area (Å²) in [5.41, 5.74) is 3.49. The molecule has 0 aliphatic carbocycles. The molecule has 0 unspecified atom stereocenters. The number of H-pyrrole nitrogens is 1. The van der Waals surface area contributed by atoms with E-state index in [1.807, 2.05) is 79.7 Å². The van der Waals surface area contributed by atoms with Gasteiger partial charge in [0.1, 0.15) is 5.69 Å². The third-order valence-corrected chi connectivity index (χ3v) is 5.37. The number of imidazole rings is 1. The first-order chi connectivity index (χ1) is 16.0. The number of benzene rings is 3. The number of carbonyl (C=O) groups excluding carboxylic acids is 2. The average Bonchev–Trinajstić information content (AvgIpc) is 3.22. The monoisotopic (exact) mass is 457 g/mol. The second kappa shape index (κ2) is 9.97. The lowest BCUT2D eigenvalue weighted by molar-refractivity contribution is 0.0933. The van der Waals surface area contributed by atoms with Gasteiger partial charge in [0.15, 0.2) is 4.77 Å². The van der Waals surface area contributed by atoms with Crippen molar-refractivity contribution < 1.29 is 9.59 Å². The second-order valence-electron chi connectivity index (χ2n) is 7.41. The standard InChI is InChI=1S/C25H23N5O2S/c1-17(27-23(31)22-16-26-25(33)30(22)21-10-6-3-7-11-21)18-12-14-20(15-13-18)29-24(32)28-19-8-4-2-5-9-19/h2-17H,1H3,(H,26,33)(H,27,31)(H2,28,29,32)/t17-/m0/s1. The quantitative estimate of drug-likeness (QED) is 0.281. The molecule has 4 rings (SSSR count). The molecular formula is C25H23N5O2S. The van der Waals surface area contributed by atoms with E-state index >= 15 is 0 Å². The molecule has 0 spiro atoms. The van der Waals surface area contributed by atoms with Crippen LogP contribution in [0.3, 0.4) is 0 Å². The van der Waals surface area contributed by atoms with Crippen LogP contribution in [0.15, 0.2) is 91.1 Å². The molecule has 3 amide bonds. The highest BCUT2D eigenvalue weighted by Gasteiger charge is 2.17. The van der Waals surface area contributed by atoms with Crippen LogP contribution < -0.4 is 16.0 Å². The molecule has 7 nitrogen and oxygen atoms in total. The maximum atomic E-state index is 13.0. The smallest absolute Gasteiger partial charge is 0.323 e. The van der Waals surface area contributed by atoms with Gasteiger partial charge in [0.25, 0.3) is 5.91 Å². The van der Waals surface area contributed by atoms with Gasteiger partial charge in [-0.1, -0.05) is 48.5 Å². The fourth-order valence-electron chi connectivity index (χ4n) is 3.39. The lowest BCUT2D eigenvalue weighted by Crippen LogP contribution is -2.28. The number of anilines is 2. The number of aromatic nitrogens is 2. The number of aromatic amines is 1. The van der Waals surface area contributed by atoms with Gasteiger partial charge in [-0.25, -0.2) is 4.79 Å². The van der Waals surface area contributed by atoms with E-state index in [1.54, 1.807) is 22.9 Å². The Balaban J connectivity index is 1.40. The molecule has 1 aromatic heterocycles. The Morgan fingerprint density at radius 3 is 2.06 bits per heavy atom. The van der Waals surface area contributed by atoms with Crippen molar-refractivity contribution in [1.29, 1.82) is 0 Å². The van der Waals surface area contributed by atoms with Gasteiger partial charge in [-0.3, -0.25) is 9.36 Å². The van der Waals surface area contributed by atoms with Crippen molar-refractivity contribution in [2.45, 2.75) is 13.0 Å². The number of carbonyl (C=O) groups is 2. The molecule has 3 aromatic carbocycles. The van der Waals surface area contributed by atoms with Crippen LogP contribution in [0.5, 0.6) is 0 Å². The summed E-state index contributed by atoms with van der Waals surface area (Å²) >= 11 is 5.36. The molecule has 4 aromatic rings. The number of nitrogens with one attached hydrogen (secondary N) is 4. The summed E-state index contributed by atoms with van der Waals surface area (Å²) in [5, 5.41) is 8.57. The largest absolute Gasteiger partial charge is 0.344 e. The van der Waals surface area contributed by atoms with E-state index in [4.69, 9.17) is 12.2 Å². The Labute approximate surface area is 196 Å². The predicted molar refractivity (Wildman–Crippen MR) is 132 cm³/mol. The summed E-state index contributed by atoms with van der Waals surface area (Å²) in [6.45, 7) is 1.90. The van der Waals surface area contributed by atoms with E-state index in [9.17, 15) is 9.59 Å². The highest BCUT2D eigenvalue weighted by Crippen LogP contribution is 2.18. The zero-order valence-electron chi connectivity index (χ0n) is 17.9. The maximum Gasteiger partial charge on any atom is 0.323 e. The zero-order valence-corrected chi connectivity index (χ0v) is 18.7. The van der Waals surface area contributed by atoms with Gasteiger partial charge < -0.3 is 20.9 Å². The number of para-hydroxylation sites is 2. The Bertz CT molecular complexity index is 1300. The lowest BCUT2D eigenvalue weighted by atomic mass is 10.1. The summed E-state index contributed by atoms with van der Waals surface area (Å²) in [6, 6.07) is 25.4. The van der Waals surface area contributed by atoms with Crippen molar-refractivity contribution >= 4 is 35.5 Å². The third-order valence-electron chi connectivity index (χ3n) is 5.07. The van der Waals surface area contributed by atoms with Crippen LogP contribution in [0.2, 0.25) is 0 Å². The van der Waals surface area contributed by atoms with Gasteiger partial charge in [0.2, 0.25) is 0 Å². The van der Waals surface area contributed by atoms with Gasteiger partial charge in [-0.15, -0.1) is 0 Å². The molecule has 166 valence electrons. The number of hydrogen-bond donors (Lipinski definition) is 4. The Morgan fingerprint density at radius 1 is 0.848 bits per heavy atom. The van der Waals surface area contributed by atoms with Gasteiger partial charge in [0.05, 0.1) is 6.04 Å². The summed E-state index contributed by atoms with van der Waals surface area (Å²) < 4.78 is 2.15. The summed E-state index contributed by atoms with van der Waals surface area (Å²) in [4.78, 5) is 28.1. The first kappa shape index (κ1) is 22.0. The van der Waals surface area contributed by atoms with Crippen molar-refractivity contribution in [3.63, 3.8) is 0 Å². The molecule has 0 aliphatic heterocycles. The summed E-state index contributed by atoms with van der Waals surface area (Å²) in [7, 11) is 0. The van der Waals surface area contributed by atoms with Crippen LogP contribution >= 0.6 is 12.2 Å². The molecule has 8 heteroatoms. The fourth-order valence-corrected chi connectivity index (χ4v) is 3.66. The van der Waals surface area contributed by atoms with Crippen LogP contribution in [-0.4, -0.2) is 21.5 Å². The third kappa shape index (κ3) is 5.36. The highest BCUT2D eigenvalue weighted by atomic mass is 32.1. The lowest BCUT2D eigenvalue weighted by Gasteiger charge is -2.16. The maximum absolute atomic E-state index is 13.0. The predicted octanol–water partition coefficient (Wildman–Crippen LogP) is 5.67. The summed E-state index contributed by atoms with van der Waals surface area (Å²) in [5.74, 6) is -0.247. The molecule has 0 saturated carbocycles. The fraction of sp³-hybridized carbons (Fsp3) is 0.0800. The number of hydrogen-bond acceptors (Lipinski definition) is 3. The number of amides is 3. The average molecular weight is 458 g/mol. The first-order valence-corrected chi connectivity index (χ1v) is 10.8. The normalized spacial score (nSPS) is 11.4. The van der Waals surface area contributed by atoms with Gasteiger partial charge >= 0.3 is 6.03 Å². The van der Waals surface area contributed by atoms with Crippen molar-refractivity contribution in [2.24, 2.45) is 0 Å². The van der Waals surface area contributed by atoms with E-state index in [0.29, 0.717) is 21.8 Å². The van der Waals surface area contributed by atoms with Crippen LogP contribution in [0.1, 0.15) is 29.0 Å². The van der Waals surface area contributed by atoms with Crippen molar-refractivity contribution in [1.82, 2.24) is 14.9 Å². The molecule has 0 radical (unpaired) electrons. The van der Waals surface area contributed by atoms with Crippen molar-refractivity contribution in [2.75, 3.05) is 10.6 Å². The Kier molecular flexibility index (Phi) is 6.66. The second-order valence-corrected chi connectivity index (χ2v) is 7.80. The van der Waals surface area contributed by atoms with Gasteiger partial charge in [0, 0.05) is 23.3 Å². The molecule has 33 heavy (non-hydrogen) atoms. The Morgan fingerprint density at radius 2 is 1.42 bits per heavy atom. The molecule has 1 heterocycles. The number of nitrogens with zero attached hydrogens (tertiary/aromatic N) is 1. The molecule has 1 atom stereocenters. The molecule has 0 fully saturated rings. The zero-order chi connectivity index (χ0) is 23.2. The SMILES string of the molecule is C[C@H](NC(=O)c1c[nH]c(=S)n1-c1ccccc1)c1ccc(NC(=O)Nc2ccccc2)cc1. The Hall–Kier alpha value is -4.17. The van der Waals surface area contributed by atoms with E-state index in [2.05, 4.69) is 20.9 Å². The topological polar surface area (TPSA) is 91.0 Å². The van der Waals surface area contributed by atoms with E-state index in [0.717, 1.165) is 11.3 Å². The van der Waals surface area contributed by atoms with Crippen molar-refractivity contribution in [3.8, 4) is 5.69 Å². The minimum atomic E-state index is -0.326. The van der Waals surface area contributed by atoms with E-state index in [1.165, 1.54) is 0 Å². The van der Waals surface area contributed by atoms with E-state index < -0.39 is 0 Å². The highest BCUT2D eigenvalue weighted by molar-refractivity contribution is 7.71. The molecular weight excluding hydrogens is 434 g/mol. The van der Waals surface area contributed by atoms with Crippen LogP contribution in [-0.2, 0) is 0 Å². The number of rotatable bonds is 6. The molecule has 0 bridgehead atoms. The van der Waals surface area contributed by atoms with Crippen LogP contribution in [0.25, 0.3) is 5.69 Å². The summed E-state index contributed by atoms with van der Waals surface area (Å²) in [6.07, 6.45) is 1.61. The van der Waals surface area contributed by atoms with Crippen LogP contribution in [0.4, 0.5) is 16.2 Å². The van der Waals surface area contributed by atoms with Crippen molar-refractivity contribution in [3.05, 3.63) is 107 Å². The van der Waals surface area contributed by atoms with Gasteiger partial charge in [-0.05, 0) is 61.1 Å². The molecule has 0 saturated heterocycles. The first-order valence-electron chi connectivity index (χ1n) is 10.4. The van der Waals surface area contributed by atoms with E-state index in [-0.39, 0.29) is 18.0 Å². The molecule has 0 aliphatic rings. The van der Waals surface area contributed by atoms with Gasteiger partial charge in [-0.2, -0.15) is 0 Å². The van der Waals surface area contributed by atoms with Crippen LogP contribution in [0, 0.1) is 4.77 Å². The minimum absolute atomic E-state index is 0.247.